The summed E-state index contributed by atoms with van der Waals surface area (Å²) < 4.78 is 43.2. The van der Waals surface area contributed by atoms with Gasteiger partial charge >= 0.3 is 18.2 Å². The molecule has 0 bridgehead atoms. The Morgan fingerprint density at radius 3 is 2.52 bits per heavy atom. The number of carboxylic acid groups (broad SMARTS) is 1. The third-order valence-electron chi connectivity index (χ3n) is 5.54. The van der Waals surface area contributed by atoms with Gasteiger partial charge in [0.1, 0.15) is 0 Å². The van der Waals surface area contributed by atoms with Crippen molar-refractivity contribution in [1.82, 2.24) is 4.90 Å². The summed E-state index contributed by atoms with van der Waals surface area (Å²) in [5.41, 5.74) is 1.76. The van der Waals surface area contributed by atoms with Crippen molar-refractivity contribution in [1.29, 1.82) is 0 Å². The zero-order valence-electron chi connectivity index (χ0n) is 17.1. The van der Waals surface area contributed by atoms with Gasteiger partial charge in [0.25, 0.3) is 0 Å². The number of amides is 1. The molecule has 1 fully saturated rings. The van der Waals surface area contributed by atoms with Crippen molar-refractivity contribution >= 4 is 12.1 Å². The molecule has 0 spiro atoms. The summed E-state index contributed by atoms with van der Waals surface area (Å²) in [6, 6.07) is 10.1. The second kappa shape index (κ2) is 9.41. The topological polar surface area (TPSA) is 66.8 Å². The minimum Gasteiger partial charge on any atom is -0.478 e. The van der Waals surface area contributed by atoms with Gasteiger partial charge in [-0.2, -0.15) is 13.2 Å². The molecular formula is C23H24F3NO4. The molecule has 1 aliphatic heterocycles. The van der Waals surface area contributed by atoms with E-state index in [1.807, 2.05) is 6.07 Å². The highest BCUT2D eigenvalue weighted by atomic mass is 19.4. The lowest BCUT2D eigenvalue weighted by Crippen LogP contribution is -2.39. The number of benzene rings is 2. The number of aryl methyl sites for hydroxylation is 1. The van der Waals surface area contributed by atoms with Crippen LogP contribution in [0.2, 0.25) is 0 Å². The minimum absolute atomic E-state index is 0.0231. The number of halogens is 3. The highest BCUT2D eigenvalue weighted by molar-refractivity contribution is 5.89. The van der Waals surface area contributed by atoms with Crippen LogP contribution < -0.4 is 0 Å². The molecule has 166 valence electrons. The van der Waals surface area contributed by atoms with Crippen molar-refractivity contribution < 1.29 is 32.6 Å². The first-order chi connectivity index (χ1) is 14.6. The normalized spacial score (nSPS) is 16.8. The lowest BCUT2D eigenvalue weighted by Gasteiger charge is -2.32. The van der Waals surface area contributed by atoms with Gasteiger partial charge in [-0.3, -0.25) is 0 Å². The molecule has 1 heterocycles. The highest BCUT2D eigenvalue weighted by Crippen LogP contribution is 2.30. The van der Waals surface area contributed by atoms with Crippen molar-refractivity contribution in [3.63, 3.8) is 0 Å². The van der Waals surface area contributed by atoms with Crippen LogP contribution in [0.5, 0.6) is 0 Å². The molecule has 1 saturated heterocycles. The number of hydrogen-bond acceptors (Lipinski definition) is 3. The number of nitrogens with zero attached hydrogens (tertiary/aromatic N) is 1. The monoisotopic (exact) mass is 435 g/mol. The number of rotatable bonds is 5. The average molecular weight is 435 g/mol. The molecule has 1 atom stereocenters. The number of piperidine rings is 1. The van der Waals surface area contributed by atoms with E-state index in [9.17, 15) is 27.9 Å². The van der Waals surface area contributed by atoms with Gasteiger partial charge in [0.2, 0.25) is 0 Å². The zero-order valence-corrected chi connectivity index (χ0v) is 17.1. The standard InChI is InChI=1S/C23H24F3NO4/c1-15-4-7-17(13-20(15)21(28)29)18-3-2-11-27(14-18)22(30)31-12-10-16-5-8-19(9-6-16)23(24,25)26/h4-9,13,18H,2-3,10-12,14H2,1H3,(H,28,29)/t18-/m0/s1. The van der Waals surface area contributed by atoms with Gasteiger partial charge in [-0.05, 0) is 54.7 Å². The summed E-state index contributed by atoms with van der Waals surface area (Å²) in [7, 11) is 0. The number of carboxylic acids is 1. The molecule has 0 unspecified atom stereocenters. The Morgan fingerprint density at radius 2 is 1.87 bits per heavy atom. The Morgan fingerprint density at radius 1 is 1.16 bits per heavy atom. The SMILES string of the molecule is Cc1ccc([C@H]2CCCN(C(=O)OCCc3ccc(C(F)(F)F)cc3)C2)cc1C(=O)O. The molecule has 1 N–H and O–H groups in total. The van der Waals surface area contributed by atoms with Crippen molar-refractivity contribution in [3.05, 3.63) is 70.3 Å². The van der Waals surface area contributed by atoms with Crippen molar-refractivity contribution in [2.24, 2.45) is 0 Å². The Balaban J connectivity index is 1.54. The highest BCUT2D eigenvalue weighted by Gasteiger charge is 2.30. The van der Waals surface area contributed by atoms with E-state index < -0.39 is 23.8 Å². The smallest absolute Gasteiger partial charge is 0.416 e. The van der Waals surface area contributed by atoms with Crippen LogP contribution in [0.25, 0.3) is 0 Å². The number of likely N-dealkylation sites (tertiary alicyclic amines) is 1. The molecular weight excluding hydrogens is 411 g/mol. The molecule has 0 aliphatic carbocycles. The van der Waals surface area contributed by atoms with Gasteiger partial charge in [-0.25, -0.2) is 9.59 Å². The second-order valence-electron chi connectivity index (χ2n) is 7.72. The third-order valence-corrected chi connectivity index (χ3v) is 5.54. The van der Waals surface area contributed by atoms with E-state index in [0.29, 0.717) is 30.6 Å². The van der Waals surface area contributed by atoms with Crippen LogP contribution in [0.15, 0.2) is 42.5 Å². The predicted molar refractivity (Wildman–Crippen MR) is 108 cm³/mol. The molecule has 2 aromatic carbocycles. The number of carbonyl (C=O) groups is 2. The summed E-state index contributed by atoms with van der Waals surface area (Å²) >= 11 is 0. The first kappa shape index (κ1) is 22.7. The minimum atomic E-state index is -4.38. The van der Waals surface area contributed by atoms with Gasteiger partial charge in [-0.1, -0.05) is 24.3 Å². The molecule has 5 nitrogen and oxygen atoms in total. The van der Waals surface area contributed by atoms with Crippen LogP contribution in [-0.4, -0.2) is 41.8 Å². The van der Waals surface area contributed by atoms with Crippen LogP contribution >= 0.6 is 0 Å². The van der Waals surface area contributed by atoms with E-state index in [1.54, 1.807) is 24.0 Å². The lowest BCUT2D eigenvalue weighted by molar-refractivity contribution is -0.137. The van der Waals surface area contributed by atoms with E-state index in [2.05, 4.69) is 0 Å². The number of hydrogen-bond donors (Lipinski definition) is 1. The summed E-state index contributed by atoms with van der Waals surface area (Å²) in [5, 5.41) is 9.33. The van der Waals surface area contributed by atoms with Gasteiger partial charge < -0.3 is 14.7 Å². The van der Waals surface area contributed by atoms with E-state index >= 15 is 0 Å². The van der Waals surface area contributed by atoms with E-state index in [1.165, 1.54) is 12.1 Å². The summed E-state index contributed by atoms with van der Waals surface area (Å²) in [5.74, 6) is -0.954. The first-order valence-electron chi connectivity index (χ1n) is 10.1. The van der Waals surface area contributed by atoms with Gasteiger partial charge in [0, 0.05) is 25.4 Å². The summed E-state index contributed by atoms with van der Waals surface area (Å²) in [6.45, 7) is 2.79. The van der Waals surface area contributed by atoms with E-state index in [0.717, 1.165) is 30.5 Å². The fraction of sp³-hybridized carbons (Fsp3) is 0.391. The van der Waals surface area contributed by atoms with Crippen molar-refractivity contribution in [2.45, 2.75) is 38.3 Å². The molecule has 1 aliphatic rings. The van der Waals surface area contributed by atoms with Gasteiger partial charge in [-0.15, -0.1) is 0 Å². The quantitative estimate of drug-likeness (QED) is 0.695. The largest absolute Gasteiger partial charge is 0.478 e. The van der Waals surface area contributed by atoms with Crippen LogP contribution in [-0.2, 0) is 17.3 Å². The molecule has 0 saturated carbocycles. The number of ether oxygens (including phenoxy) is 1. The number of aromatic carboxylic acids is 1. The van der Waals surface area contributed by atoms with Gasteiger partial charge in [0.05, 0.1) is 17.7 Å². The van der Waals surface area contributed by atoms with Gasteiger partial charge in [0.15, 0.2) is 0 Å². The van der Waals surface area contributed by atoms with Crippen LogP contribution in [0, 0.1) is 6.92 Å². The maximum atomic E-state index is 12.6. The van der Waals surface area contributed by atoms with Crippen LogP contribution in [0.4, 0.5) is 18.0 Å². The fourth-order valence-corrected chi connectivity index (χ4v) is 3.75. The predicted octanol–water partition coefficient (Wildman–Crippen LogP) is 5.27. The van der Waals surface area contributed by atoms with Crippen molar-refractivity contribution in [2.75, 3.05) is 19.7 Å². The number of carbonyl (C=O) groups excluding carboxylic acids is 1. The Kier molecular flexibility index (Phi) is 6.87. The average Bonchev–Trinajstić information content (AvgIpc) is 2.73. The molecule has 3 rings (SSSR count). The molecule has 0 aromatic heterocycles. The fourth-order valence-electron chi connectivity index (χ4n) is 3.75. The molecule has 2 aromatic rings. The molecule has 31 heavy (non-hydrogen) atoms. The third kappa shape index (κ3) is 5.77. The molecule has 0 radical (unpaired) electrons. The first-order valence-corrected chi connectivity index (χ1v) is 10.1. The summed E-state index contributed by atoms with van der Waals surface area (Å²) in [6.07, 6.45) is -2.91. The number of alkyl halides is 3. The maximum Gasteiger partial charge on any atom is 0.416 e. The van der Waals surface area contributed by atoms with Crippen LogP contribution in [0.1, 0.15) is 51.4 Å². The van der Waals surface area contributed by atoms with E-state index in [4.69, 9.17) is 4.74 Å². The lowest BCUT2D eigenvalue weighted by atomic mass is 9.89. The van der Waals surface area contributed by atoms with Crippen LogP contribution in [0.3, 0.4) is 0 Å². The Bertz CT molecular complexity index is 941. The Labute approximate surface area is 178 Å². The second-order valence-corrected chi connectivity index (χ2v) is 7.72. The zero-order chi connectivity index (χ0) is 22.6. The maximum absolute atomic E-state index is 12.6. The summed E-state index contributed by atoms with van der Waals surface area (Å²) in [4.78, 5) is 25.4. The molecule has 8 heteroatoms. The Hall–Kier alpha value is -3.03. The van der Waals surface area contributed by atoms with Crippen molar-refractivity contribution in [3.8, 4) is 0 Å². The van der Waals surface area contributed by atoms with E-state index in [-0.39, 0.29) is 18.1 Å². The molecule has 1 amide bonds.